The number of alkyl halides is 3. The number of carbonyl (C=O) groups is 1. The molecule has 1 amide bonds. The Bertz CT molecular complexity index is 915. The fourth-order valence-electron chi connectivity index (χ4n) is 4.67. The summed E-state index contributed by atoms with van der Waals surface area (Å²) in [5.74, 6) is 0.617. The molecular formula is C22H27F3N4O. The third-order valence-corrected chi connectivity index (χ3v) is 6.41. The van der Waals surface area contributed by atoms with Gasteiger partial charge < -0.3 is 10.2 Å². The van der Waals surface area contributed by atoms with Crippen LogP contribution >= 0.6 is 0 Å². The second-order valence-electron chi connectivity index (χ2n) is 8.48. The number of amides is 1. The predicted molar refractivity (Wildman–Crippen MR) is 108 cm³/mol. The largest absolute Gasteiger partial charge is 0.410 e. The number of likely N-dealkylation sites (tertiary alicyclic amines) is 1. The molecule has 0 bridgehead atoms. The van der Waals surface area contributed by atoms with E-state index in [1.54, 1.807) is 13.0 Å². The zero-order chi connectivity index (χ0) is 21.5. The van der Waals surface area contributed by atoms with E-state index >= 15 is 0 Å². The first kappa shape index (κ1) is 20.8. The highest BCUT2D eigenvalue weighted by atomic mass is 19.4. The van der Waals surface area contributed by atoms with E-state index in [9.17, 15) is 18.0 Å². The fraction of sp³-hybridized carbons (Fsp3) is 0.545. The maximum Gasteiger partial charge on any atom is 0.410 e. The molecule has 1 saturated heterocycles. The van der Waals surface area contributed by atoms with E-state index in [0.717, 1.165) is 15.8 Å². The van der Waals surface area contributed by atoms with Gasteiger partial charge >= 0.3 is 6.18 Å². The van der Waals surface area contributed by atoms with Crippen molar-refractivity contribution in [3.8, 4) is 0 Å². The molecule has 2 aliphatic heterocycles. The van der Waals surface area contributed by atoms with E-state index in [4.69, 9.17) is 0 Å². The number of hydrogen-bond acceptors (Lipinski definition) is 3. The van der Waals surface area contributed by atoms with Gasteiger partial charge in [-0.05, 0) is 50.2 Å². The smallest absolute Gasteiger partial charge is 0.367 e. The van der Waals surface area contributed by atoms with Crippen molar-refractivity contribution >= 4 is 11.7 Å². The molecule has 1 fully saturated rings. The van der Waals surface area contributed by atoms with Gasteiger partial charge in [0.25, 0.3) is 0 Å². The lowest BCUT2D eigenvalue weighted by molar-refractivity contribution is -0.174. The number of aromatic nitrogens is 2. The summed E-state index contributed by atoms with van der Waals surface area (Å²) in [7, 11) is 0. The van der Waals surface area contributed by atoms with E-state index in [1.807, 2.05) is 36.1 Å². The van der Waals surface area contributed by atoms with E-state index in [-0.39, 0.29) is 24.3 Å². The zero-order valence-electron chi connectivity index (χ0n) is 17.2. The first-order valence-electron chi connectivity index (χ1n) is 10.4. The average Bonchev–Trinajstić information content (AvgIpc) is 3.08. The molecule has 5 nitrogen and oxygen atoms in total. The van der Waals surface area contributed by atoms with Gasteiger partial charge in [0.2, 0.25) is 5.91 Å². The Kier molecular flexibility index (Phi) is 5.51. The number of anilines is 1. The number of benzene rings is 1. The molecule has 30 heavy (non-hydrogen) atoms. The lowest BCUT2D eigenvalue weighted by Gasteiger charge is -2.41. The minimum absolute atomic E-state index is 0.0283. The molecule has 162 valence electrons. The molecule has 8 heteroatoms. The van der Waals surface area contributed by atoms with Gasteiger partial charge in [-0.15, -0.1) is 0 Å². The van der Waals surface area contributed by atoms with Crippen LogP contribution in [0.4, 0.5) is 19.0 Å². The van der Waals surface area contributed by atoms with Crippen LogP contribution in [-0.2, 0) is 11.2 Å². The highest BCUT2D eigenvalue weighted by Gasteiger charge is 2.47. The molecule has 0 radical (unpaired) electrons. The standard InChI is InChI=1S/C22H27F3N4O/c1-14-5-3-4-6-17(14)12-21(30)28-9-7-16(8-10-28)18-13-19(22(23,24)25)29-20(26-18)11-15(2)27-29/h3-6,11,16,18-19,26H,7-10,12-13H2,1-2H3/t18-,19+/m0/s1. The number of hydrogen-bond donors (Lipinski definition) is 1. The molecule has 2 aromatic rings. The SMILES string of the molecule is Cc1cc2n(n1)[C@@H](C(F)(F)F)C[C@@H](C1CCN(C(=O)Cc3ccccc3C)CC1)N2. The first-order chi connectivity index (χ1) is 14.2. The van der Waals surface area contributed by atoms with Crippen molar-refractivity contribution in [2.75, 3.05) is 18.4 Å². The lowest BCUT2D eigenvalue weighted by atomic mass is 9.84. The van der Waals surface area contributed by atoms with Gasteiger partial charge in [0, 0.05) is 25.2 Å². The van der Waals surface area contributed by atoms with Gasteiger partial charge in [-0.3, -0.25) is 4.79 Å². The van der Waals surface area contributed by atoms with Crippen LogP contribution in [0.25, 0.3) is 0 Å². The van der Waals surface area contributed by atoms with Crippen molar-refractivity contribution in [1.29, 1.82) is 0 Å². The van der Waals surface area contributed by atoms with Crippen molar-refractivity contribution in [3.05, 3.63) is 47.2 Å². The second-order valence-corrected chi connectivity index (χ2v) is 8.48. The molecule has 2 aliphatic rings. The van der Waals surface area contributed by atoms with Crippen molar-refractivity contribution in [2.24, 2.45) is 5.92 Å². The first-order valence-corrected chi connectivity index (χ1v) is 10.4. The molecule has 0 spiro atoms. The maximum atomic E-state index is 13.6. The molecule has 2 atom stereocenters. The van der Waals surface area contributed by atoms with Crippen LogP contribution in [0.3, 0.4) is 0 Å². The third-order valence-electron chi connectivity index (χ3n) is 6.41. The van der Waals surface area contributed by atoms with Crippen LogP contribution in [-0.4, -0.2) is 45.9 Å². The Balaban J connectivity index is 1.39. The number of halogens is 3. The van der Waals surface area contributed by atoms with Crippen LogP contribution in [0, 0.1) is 19.8 Å². The Labute approximate surface area is 174 Å². The molecule has 1 aromatic heterocycles. The van der Waals surface area contributed by atoms with Crippen molar-refractivity contribution in [3.63, 3.8) is 0 Å². The van der Waals surface area contributed by atoms with Gasteiger partial charge in [-0.25, -0.2) is 4.68 Å². The highest BCUT2D eigenvalue weighted by molar-refractivity contribution is 5.79. The van der Waals surface area contributed by atoms with Crippen LogP contribution in [0.15, 0.2) is 30.3 Å². The lowest BCUT2D eigenvalue weighted by Crippen LogP contribution is -2.47. The average molecular weight is 420 g/mol. The van der Waals surface area contributed by atoms with E-state index in [2.05, 4.69) is 10.4 Å². The Morgan fingerprint density at radius 2 is 1.90 bits per heavy atom. The number of rotatable bonds is 3. The van der Waals surface area contributed by atoms with Crippen molar-refractivity contribution in [2.45, 2.75) is 57.8 Å². The Hall–Kier alpha value is -2.51. The summed E-state index contributed by atoms with van der Waals surface area (Å²) in [5.41, 5.74) is 2.69. The van der Waals surface area contributed by atoms with E-state index in [1.165, 1.54) is 0 Å². The molecule has 0 aliphatic carbocycles. The number of carbonyl (C=O) groups excluding carboxylic acids is 1. The zero-order valence-corrected chi connectivity index (χ0v) is 17.2. The highest BCUT2D eigenvalue weighted by Crippen LogP contribution is 2.42. The summed E-state index contributed by atoms with van der Waals surface area (Å²) < 4.78 is 42.0. The summed E-state index contributed by atoms with van der Waals surface area (Å²) in [4.78, 5) is 14.6. The van der Waals surface area contributed by atoms with Gasteiger partial charge in [-0.2, -0.15) is 18.3 Å². The number of nitrogens with zero attached hydrogens (tertiary/aromatic N) is 3. The normalized spacial score (nSPS) is 22.5. The van der Waals surface area contributed by atoms with E-state index < -0.39 is 12.2 Å². The van der Waals surface area contributed by atoms with Crippen LogP contribution in [0.2, 0.25) is 0 Å². The molecule has 4 rings (SSSR count). The summed E-state index contributed by atoms with van der Waals surface area (Å²) in [5, 5.41) is 7.32. The topological polar surface area (TPSA) is 50.2 Å². The van der Waals surface area contributed by atoms with Crippen molar-refractivity contribution < 1.29 is 18.0 Å². The second kappa shape index (κ2) is 7.96. The summed E-state index contributed by atoms with van der Waals surface area (Å²) in [6, 6.07) is 7.64. The quantitative estimate of drug-likeness (QED) is 0.807. The minimum atomic E-state index is -4.34. The van der Waals surface area contributed by atoms with E-state index in [0.29, 0.717) is 43.9 Å². The molecular weight excluding hydrogens is 393 g/mol. The molecule has 1 N–H and O–H groups in total. The maximum absolute atomic E-state index is 13.6. The molecule has 0 saturated carbocycles. The van der Waals surface area contributed by atoms with Crippen LogP contribution in [0.5, 0.6) is 0 Å². The van der Waals surface area contributed by atoms with Gasteiger partial charge in [0.15, 0.2) is 6.04 Å². The third kappa shape index (κ3) is 4.18. The fourth-order valence-corrected chi connectivity index (χ4v) is 4.67. The number of aryl methyl sites for hydroxylation is 2. The number of fused-ring (bicyclic) bond motifs is 1. The minimum Gasteiger partial charge on any atom is -0.367 e. The van der Waals surface area contributed by atoms with Gasteiger partial charge in [0.05, 0.1) is 12.1 Å². The Morgan fingerprint density at radius 3 is 2.57 bits per heavy atom. The van der Waals surface area contributed by atoms with Crippen LogP contribution < -0.4 is 5.32 Å². The van der Waals surface area contributed by atoms with Crippen LogP contribution in [0.1, 0.15) is 42.1 Å². The molecule has 3 heterocycles. The Morgan fingerprint density at radius 1 is 1.20 bits per heavy atom. The number of nitrogens with one attached hydrogen (secondary N) is 1. The predicted octanol–water partition coefficient (Wildman–Crippen LogP) is 4.27. The molecule has 0 unspecified atom stereocenters. The van der Waals surface area contributed by atoms with Crippen molar-refractivity contribution in [1.82, 2.24) is 14.7 Å². The summed E-state index contributed by atoms with van der Waals surface area (Å²) in [6.45, 7) is 4.87. The van der Waals surface area contributed by atoms with Gasteiger partial charge in [0.1, 0.15) is 5.82 Å². The summed E-state index contributed by atoms with van der Waals surface area (Å²) >= 11 is 0. The van der Waals surface area contributed by atoms with Gasteiger partial charge in [-0.1, -0.05) is 24.3 Å². The monoisotopic (exact) mass is 420 g/mol. The molecule has 1 aromatic carbocycles. The number of piperidine rings is 1. The summed E-state index contributed by atoms with van der Waals surface area (Å²) in [6.07, 6.45) is -2.59.